The molecule has 90 valence electrons. The molecule has 0 radical (unpaired) electrons. The van der Waals surface area contributed by atoms with Gasteiger partial charge in [-0.05, 0) is 55.5 Å². The standard InChI is InChI=1S/C14H29N/c1-11(2)12-10-14(12,5)13(3,4)8-7-9-15-6/h11-12,15H,7-10H2,1-6H3. The predicted molar refractivity (Wildman–Crippen MR) is 68.0 cm³/mol. The van der Waals surface area contributed by atoms with Gasteiger partial charge in [0.2, 0.25) is 0 Å². The minimum absolute atomic E-state index is 0.513. The first-order valence-corrected chi connectivity index (χ1v) is 6.50. The summed E-state index contributed by atoms with van der Waals surface area (Å²) in [5, 5.41) is 3.25. The summed E-state index contributed by atoms with van der Waals surface area (Å²) in [7, 11) is 2.04. The maximum absolute atomic E-state index is 3.25. The number of hydrogen-bond donors (Lipinski definition) is 1. The average Bonchev–Trinajstić information content (AvgIpc) is 2.80. The topological polar surface area (TPSA) is 12.0 Å². The molecule has 0 spiro atoms. The summed E-state index contributed by atoms with van der Waals surface area (Å²) in [4.78, 5) is 0. The van der Waals surface area contributed by atoms with Crippen LogP contribution in [0.5, 0.6) is 0 Å². The fourth-order valence-corrected chi connectivity index (χ4v) is 3.14. The molecule has 2 unspecified atom stereocenters. The minimum atomic E-state index is 0.513. The predicted octanol–water partition coefficient (Wildman–Crippen LogP) is 3.69. The summed E-state index contributed by atoms with van der Waals surface area (Å²) in [5.41, 5.74) is 1.12. The van der Waals surface area contributed by atoms with Crippen LogP contribution in [0.25, 0.3) is 0 Å². The molecule has 0 saturated heterocycles. The molecule has 0 aromatic carbocycles. The highest BCUT2D eigenvalue weighted by Crippen LogP contribution is 2.66. The Bertz CT molecular complexity index is 207. The molecule has 2 atom stereocenters. The molecule has 0 aromatic heterocycles. The number of hydrogen-bond acceptors (Lipinski definition) is 1. The van der Waals surface area contributed by atoms with E-state index in [1.807, 2.05) is 7.05 Å². The van der Waals surface area contributed by atoms with Crippen molar-refractivity contribution in [3.63, 3.8) is 0 Å². The first-order valence-electron chi connectivity index (χ1n) is 6.50. The van der Waals surface area contributed by atoms with Gasteiger partial charge in [0, 0.05) is 0 Å². The Morgan fingerprint density at radius 3 is 2.40 bits per heavy atom. The van der Waals surface area contributed by atoms with Crippen LogP contribution >= 0.6 is 0 Å². The van der Waals surface area contributed by atoms with E-state index in [2.05, 4.69) is 39.9 Å². The lowest BCUT2D eigenvalue weighted by Gasteiger charge is -2.34. The van der Waals surface area contributed by atoms with Crippen molar-refractivity contribution in [1.29, 1.82) is 0 Å². The maximum Gasteiger partial charge on any atom is -0.00517 e. The fourth-order valence-electron chi connectivity index (χ4n) is 3.14. The molecule has 15 heavy (non-hydrogen) atoms. The highest BCUT2D eigenvalue weighted by Gasteiger charge is 2.59. The van der Waals surface area contributed by atoms with Crippen LogP contribution in [0.4, 0.5) is 0 Å². The first kappa shape index (κ1) is 13.0. The van der Waals surface area contributed by atoms with Crippen molar-refractivity contribution in [2.75, 3.05) is 13.6 Å². The Hall–Kier alpha value is -0.0400. The lowest BCUT2D eigenvalue weighted by atomic mass is 9.71. The molecular formula is C14H29N. The van der Waals surface area contributed by atoms with Gasteiger partial charge in [-0.1, -0.05) is 34.6 Å². The van der Waals surface area contributed by atoms with Crippen LogP contribution in [0.15, 0.2) is 0 Å². The summed E-state index contributed by atoms with van der Waals surface area (Å²) in [5.74, 6) is 1.82. The molecule has 0 aromatic rings. The Morgan fingerprint density at radius 1 is 1.40 bits per heavy atom. The highest BCUT2D eigenvalue weighted by molar-refractivity contribution is 5.08. The van der Waals surface area contributed by atoms with Gasteiger partial charge < -0.3 is 5.32 Å². The Kier molecular flexibility index (Phi) is 3.86. The molecule has 1 saturated carbocycles. The van der Waals surface area contributed by atoms with E-state index in [0.717, 1.165) is 18.4 Å². The van der Waals surface area contributed by atoms with Gasteiger partial charge >= 0.3 is 0 Å². The van der Waals surface area contributed by atoms with Crippen LogP contribution in [0, 0.1) is 22.7 Å². The minimum Gasteiger partial charge on any atom is -0.320 e. The number of nitrogens with one attached hydrogen (secondary N) is 1. The van der Waals surface area contributed by atoms with E-state index in [0.29, 0.717) is 10.8 Å². The van der Waals surface area contributed by atoms with Crippen LogP contribution in [0.2, 0.25) is 0 Å². The molecule has 1 N–H and O–H groups in total. The molecule has 1 nitrogen and oxygen atoms in total. The quantitative estimate of drug-likeness (QED) is 0.661. The lowest BCUT2D eigenvalue weighted by molar-refractivity contribution is 0.155. The Labute approximate surface area is 96.0 Å². The second-order valence-electron chi connectivity index (χ2n) is 6.56. The summed E-state index contributed by atoms with van der Waals surface area (Å²) in [6, 6.07) is 0. The van der Waals surface area contributed by atoms with E-state index >= 15 is 0 Å². The molecule has 0 amide bonds. The van der Waals surface area contributed by atoms with Crippen LogP contribution in [0.3, 0.4) is 0 Å². The molecule has 0 aliphatic heterocycles. The van der Waals surface area contributed by atoms with E-state index in [1.54, 1.807) is 0 Å². The molecule has 1 fully saturated rings. The maximum atomic E-state index is 3.25. The molecule has 1 aliphatic rings. The van der Waals surface area contributed by atoms with Crippen LogP contribution in [0.1, 0.15) is 53.9 Å². The van der Waals surface area contributed by atoms with Crippen molar-refractivity contribution in [2.24, 2.45) is 22.7 Å². The van der Waals surface area contributed by atoms with E-state index in [1.165, 1.54) is 19.3 Å². The summed E-state index contributed by atoms with van der Waals surface area (Å²) in [6.45, 7) is 13.3. The Morgan fingerprint density at radius 2 is 2.00 bits per heavy atom. The summed E-state index contributed by atoms with van der Waals surface area (Å²) < 4.78 is 0. The van der Waals surface area contributed by atoms with E-state index in [4.69, 9.17) is 0 Å². The van der Waals surface area contributed by atoms with Gasteiger partial charge in [-0.3, -0.25) is 0 Å². The van der Waals surface area contributed by atoms with Crippen LogP contribution in [-0.4, -0.2) is 13.6 Å². The molecule has 0 bridgehead atoms. The van der Waals surface area contributed by atoms with Gasteiger partial charge in [0.05, 0.1) is 0 Å². The molecule has 0 heterocycles. The van der Waals surface area contributed by atoms with E-state index in [9.17, 15) is 0 Å². The molecule has 1 aliphatic carbocycles. The van der Waals surface area contributed by atoms with Gasteiger partial charge in [0.25, 0.3) is 0 Å². The highest BCUT2D eigenvalue weighted by atomic mass is 14.8. The molecule has 1 heteroatoms. The fraction of sp³-hybridized carbons (Fsp3) is 1.00. The second kappa shape index (κ2) is 4.45. The van der Waals surface area contributed by atoms with Crippen molar-refractivity contribution in [3.8, 4) is 0 Å². The van der Waals surface area contributed by atoms with Gasteiger partial charge in [0.1, 0.15) is 0 Å². The zero-order chi connectivity index (χ0) is 11.7. The Balaban J connectivity index is 2.48. The van der Waals surface area contributed by atoms with Crippen molar-refractivity contribution < 1.29 is 0 Å². The zero-order valence-electron chi connectivity index (χ0n) is 11.5. The lowest BCUT2D eigenvalue weighted by Crippen LogP contribution is -2.27. The van der Waals surface area contributed by atoms with Crippen molar-refractivity contribution >= 4 is 0 Å². The monoisotopic (exact) mass is 211 g/mol. The molecular weight excluding hydrogens is 182 g/mol. The third-order valence-electron chi connectivity index (χ3n) is 4.88. The van der Waals surface area contributed by atoms with Crippen LogP contribution < -0.4 is 5.32 Å². The third-order valence-corrected chi connectivity index (χ3v) is 4.88. The smallest absolute Gasteiger partial charge is 0.00517 e. The average molecular weight is 211 g/mol. The first-order chi connectivity index (χ1) is 6.85. The van der Waals surface area contributed by atoms with Crippen molar-refractivity contribution in [1.82, 2.24) is 5.32 Å². The second-order valence-corrected chi connectivity index (χ2v) is 6.56. The third kappa shape index (κ3) is 2.55. The normalized spacial score (nSPS) is 31.0. The SMILES string of the molecule is CNCCCC(C)(C)C1(C)CC1C(C)C. The summed E-state index contributed by atoms with van der Waals surface area (Å²) >= 11 is 0. The van der Waals surface area contributed by atoms with Crippen molar-refractivity contribution in [2.45, 2.75) is 53.9 Å². The van der Waals surface area contributed by atoms with E-state index < -0.39 is 0 Å². The van der Waals surface area contributed by atoms with Gasteiger partial charge in [-0.15, -0.1) is 0 Å². The van der Waals surface area contributed by atoms with Crippen molar-refractivity contribution in [3.05, 3.63) is 0 Å². The van der Waals surface area contributed by atoms with Crippen LogP contribution in [-0.2, 0) is 0 Å². The largest absolute Gasteiger partial charge is 0.320 e. The molecule has 1 rings (SSSR count). The zero-order valence-corrected chi connectivity index (χ0v) is 11.5. The van der Waals surface area contributed by atoms with Gasteiger partial charge in [-0.2, -0.15) is 0 Å². The van der Waals surface area contributed by atoms with Gasteiger partial charge in [0.15, 0.2) is 0 Å². The summed E-state index contributed by atoms with van der Waals surface area (Å²) in [6.07, 6.45) is 4.11. The number of rotatable bonds is 6. The van der Waals surface area contributed by atoms with Gasteiger partial charge in [-0.25, -0.2) is 0 Å². The van der Waals surface area contributed by atoms with E-state index in [-0.39, 0.29) is 0 Å².